The van der Waals surface area contributed by atoms with Gasteiger partial charge < -0.3 is 5.32 Å². The first-order valence-electron chi connectivity index (χ1n) is 4.58. The molecule has 0 spiro atoms. The van der Waals surface area contributed by atoms with Crippen LogP contribution in [0.5, 0.6) is 0 Å². The molecule has 1 fully saturated rings. The molecule has 1 aliphatic heterocycles. The zero-order chi connectivity index (χ0) is 8.23. The van der Waals surface area contributed by atoms with Crippen molar-refractivity contribution < 1.29 is 0 Å². The number of aromatic nitrogens is 1. The Morgan fingerprint density at radius 1 is 1.42 bits per heavy atom. The molecule has 0 radical (unpaired) electrons. The number of hydrogen-bond donors (Lipinski definition) is 1. The second-order valence-corrected chi connectivity index (χ2v) is 3.30. The maximum Gasteiger partial charge on any atom is 0.0447 e. The molecule has 0 aliphatic carbocycles. The van der Waals surface area contributed by atoms with Gasteiger partial charge in [0.2, 0.25) is 0 Å². The fraction of sp³-hybridized carbons (Fsp3) is 0.500. The summed E-state index contributed by atoms with van der Waals surface area (Å²) in [4.78, 5) is 4.36. The van der Waals surface area contributed by atoms with E-state index >= 15 is 0 Å². The second kappa shape index (κ2) is 3.68. The van der Waals surface area contributed by atoms with Crippen LogP contribution in [0, 0.1) is 0 Å². The molecule has 1 aliphatic rings. The summed E-state index contributed by atoms with van der Waals surface area (Å²) in [6.07, 6.45) is 4.44. The molecule has 0 aromatic carbocycles. The van der Waals surface area contributed by atoms with Gasteiger partial charge in [-0.2, -0.15) is 0 Å². The second-order valence-electron chi connectivity index (χ2n) is 3.30. The van der Waals surface area contributed by atoms with E-state index in [1.54, 1.807) is 0 Å². The molecule has 0 amide bonds. The van der Waals surface area contributed by atoms with Crippen LogP contribution in [0.15, 0.2) is 24.4 Å². The Bertz CT molecular complexity index is 227. The number of nitrogens with one attached hydrogen (secondary N) is 1. The topological polar surface area (TPSA) is 24.9 Å². The molecule has 0 bridgehead atoms. The zero-order valence-corrected chi connectivity index (χ0v) is 7.16. The normalized spacial score (nSPS) is 23.8. The van der Waals surface area contributed by atoms with E-state index in [0.29, 0.717) is 5.92 Å². The molecule has 1 aromatic rings. The molecule has 1 N–H and O–H groups in total. The fourth-order valence-corrected chi connectivity index (χ4v) is 1.72. The number of piperidine rings is 1. The summed E-state index contributed by atoms with van der Waals surface area (Å²) in [5, 5.41) is 3.39. The summed E-state index contributed by atoms with van der Waals surface area (Å²) in [5.41, 5.74) is 1.24. The Hall–Kier alpha value is -0.890. The van der Waals surface area contributed by atoms with Gasteiger partial charge in [-0.25, -0.2) is 0 Å². The van der Waals surface area contributed by atoms with Gasteiger partial charge in [0.25, 0.3) is 0 Å². The van der Waals surface area contributed by atoms with Crippen LogP contribution in [0.3, 0.4) is 0 Å². The molecule has 0 saturated carbocycles. The summed E-state index contributed by atoms with van der Waals surface area (Å²) < 4.78 is 0. The molecular weight excluding hydrogens is 148 g/mol. The van der Waals surface area contributed by atoms with Crippen molar-refractivity contribution in [2.75, 3.05) is 13.1 Å². The molecule has 64 valence electrons. The van der Waals surface area contributed by atoms with E-state index in [-0.39, 0.29) is 0 Å². The van der Waals surface area contributed by atoms with Crippen LogP contribution in [0.4, 0.5) is 0 Å². The first-order chi connectivity index (χ1) is 5.97. The van der Waals surface area contributed by atoms with Crippen molar-refractivity contribution >= 4 is 0 Å². The van der Waals surface area contributed by atoms with E-state index < -0.39 is 0 Å². The summed E-state index contributed by atoms with van der Waals surface area (Å²) in [7, 11) is 0. The lowest BCUT2D eigenvalue weighted by atomic mass is 9.96. The molecule has 2 heteroatoms. The molecule has 2 rings (SSSR count). The summed E-state index contributed by atoms with van der Waals surface area (Å²) in [5.74, 6) is 0.639. The minimum Gasteiger partial charge on any atom is -0.316 e. The Labute approximate surface area is 73.0 Å². The van der Waals surface area contributed by atoms with Gasteiger partial charge >= 0.3 is 0 Å². The average molecular weight is 162 g/mol. The summed E-state index contributed by atoms with van der Waals surface area (Å²) in [6.45, 7) is 2.26. The number of nitrogens with zero attached hydrogens (tertiary/aromatic N) is 1. The highest BCUT2D eigenvalue weighted by molar-refractivity contribution is 5.10. The highest BCUT2D eigenvalue weighted by Gasteiger charge is 2.14. The largest absolute Gasteiger partial charge is 0.316 e. The average Bonchev–Trinajstić information content (AvgIpc) is 2.21. The monoisotopic (exact) mass is 162 g/mol. The molecule has 0 unspecified atom stereocenters. The molecule has 1 atom stereocenters. The Kier molecular flexibility index (Phi) is 2.37. The minimum absolute atomic E-state index is 0.639. The number of hydrogen-bond acceptors (Lipinski definition) is 2. The van der Waals surface area contributed by atoms with E-state index in [1.807, 2.05) is 12.3 Å². The Morgan fingerprint density at radius 2 is 2.42 bits per heavy atom. The lowest BCUT2D eigenvalue weighted by Gasteiger charge is -2.21. The van der Waals surface area contributed by atoms with Crippen LogP contribution in [0.2, 0.25) is 0 Å². The highest BCUT2D eigenvalue weighted by atomic mass is 14.9. The third kappa shape index (κ3) is 1.64. The van der Waals surface area contributed by atoms with E-state index in [2.05, 4.69) is 22.4 Å². The van der Waals surface area contributed by atoms with Crippen molar-refractivity contribution in [1.82, 2.24) is 10.3 Å². The first kappa shape index (κ1) is 7.74. The smallest absolute Gasteiger partial charge is 0.0447 e. The molecule has 12 heavy (non-hydrogen) atoms. The van der Waals surface area contributed by atoms with Gasteiger partial charge in [0.05, 0.1) is 0 Å². The lowest BCUT2D eigenvalue weighted by molar-refractivity contribution is 0.455. The first-order valence-corrected chi connectivity index (χ1v) is 4.58. The molecule has 2 nitrogen and oxygen atoms in total. The predicted octanol–water partition coefficient (Wildman–Crippen LogP) is 1.55. The van der Waals surface area contributed by atoms with E-state index in [1.165, 1.54) is 25.1 Å². The SMILES string of the molecule is c1ccc([C@@H]2CCCNC2)nc1. The van der Waals surface area contributed by atoms with Crippen molar-refractivity contribution in [1.29, 1.82) is 0 Å². The van der Waals surface area contributed by atoms with Crippen molar-refractivity contribution in [3.63, 3.8) is 0 Å². The predicted molar refractivity (Wildman–Crippen MR) is 49.1 cm³/mol. The van der Waals surface area contributed by atoms with E-state index in [9.17, 15) is 0 Å². The lowest BCUT2D eigenvalue weighted by Crippen LogP contribution is -2.28. The van der Waals surface area contributed by atoms with Crippen molar-refractivity contribution in [2.24, 2.45) is 0 Å². The van der Waals surface area contributed by atoms with Gasteiger partial charge in [0.1, 0.15) is 0 Å². The van der Waals surface area contributed by atoms with Crippen LogP contribution in [0.1, 0.15) is 24.5 Å². The Morgan fingerprint density at radius 3 is 3.08 bits per heavy atom. The minimum atomic E-state index is 0.639. The van der Waals surface area contributed by atoms with Crippen LogP contribution in [-0.2, 0) is 0 Å². The van der Waals surface area contributed by atoms with Gasteiger partial charge in [0, 0.05) is 24.4 Å². The molecule has 2 heterocycles. The summed E-state index contributed by atoms with van der Waals surface area (Å²) >= 11 is 0. The standard InChI is InChI=1S/C10H14N2/c1-2-7-12-10(5-1)9-4-3-6-11-8-9/h1-2,5,7,9,11H,3-4,6,8H2/t9-/m1/s1. The number of rotatable bonds is 1. The maximum absolute atomic E-state index is 4.36. The van der Waals surface area contributed by atoms with Gasteiger partial charge in [-0.05, 0) is 31.5 Å². The molecule has 1 saturated heterocycles. The van der Waals surface area contributed by atoms with Crippen LogP contribution < -0.4 is 5.32 Å². The van der Waals surface area contributed by atoms with Gasteiger partial charge in [-0.3, -0.25) is 4.98 Å². The maximum atomic E-state index is 4.36. The van der Waals surface area contributed by atoms with Gasteiger partial charge in [-0.1, -0.05) is 6.07 Å². The number of pyridine rings is 1. The van der Waals surface area contributed by atoms with Gasteiger partial charge in [-0.15, -0.1) is 0 Å². The zero-order valence-electron chi connectivity index (χ0n) is 7.16. The van der Waals surface area contributed by atoms with Crippen molar-refractivity contribution in [2.45, 2.75) is 18.8 Å². The van der Waals surface area contributed by atoms with Crippen LogP contribution >= 0.6 is 0 Å². The molecule has 1 aromatic heterocycles. The molecular formula is C10H14N2. The van der Waals surface area contributed by atoms with Crippen molar-refractivity contribution in [3.8, 4) is 0 Å². The third-order valence-electron chi connectivity index (χ3n) is 2.40. The van der Waals surface area contributed by atoms with Crippen molar-refractivity contribution in [3.05, 3.63) is 30.1 Å². The summed E-state index contributed by atoms with van der Waals surface area (Å²) in [6, 6.07) is 6.16. The fourth-order valence-electron chi connectivity index (χ4n) is 1.72. The highest BCUT2D eigenvalue weighted by Crippen LogP contribution is 2.20. The quantitative estimate of drug-likeness (QED) is 0.677. The van der Waals surface area contributed by atoms with E-state index in [4.69, 9.17) is 0 Å². The van der Waals surface area contributed by atoms with Gasteiger partial charge in [0.15, 0.2) is 0 Å². The van der Waals surface area contributed by atoms with Crippen LogP contribution in [0.25, 0.3) is 0 Å². The Balaban J connectivity index is 2.08. The third-order valence-corrected chi connectivity index (χ3v) is 2.40. The van der Waals surface area contributed by atoms with E-state index in [0.717, 1.165) is 6.54 Å². The van der Waals surface area contributed by atoms with Crippen LogP contribution in [-0.4, -0.2) is 18.1 Å².